The van der Waals surface area contributed by atoms with E-state index in [2.05, 4.69) is 35.5 Å². The highest BCUT2D eigenvalue weighted by atomic mass is 16.5. The van der Waals surface area contributed by atoms with Gasteiger partial charge >= 0.3 is 7.48 Å². The zero-order valence-electron chi connectivity index (χ0n) is 16.1. The molecule has 0 saturated heterocycles. The molecule has 0 aliphatic carbocycles. The van der Waals surface area contributed by atoms with Gasteiger partial charge in [-0.1, -0.05) is 49.7 Å². The van der Waals surface area contributed by atoms with Gasteiger partial charge in [-0.25, -0.2) is 0 Å². The molecule has 1 atom stereocenters. The lowest BCUT2D eigenvalue weighted by molar-refractivity contribution is -0.0893. The molecule has 2 N–H and O–H groups in total. The Hall–Kier alpha value is -1.30. The van der Waals surface area contributed by atoms with Crippen LogP contribution in [0.1, 0.15) is 53.3 Å². The van der Waals surface area contributed by atoms with Gasteiger partial charge in [0.1, 0.15) is 6.17 Å². The minimum Gasteiger partial charge on any atom is -0.427 e. The van der Waals surface area contributed by atoms with Crippen molar-refractivity contribution in [2.24, 2.45) is 0 Å². The summed E-state index contributed by atoms with van der Waals surface area (Å²) in [5.41, 5.74) is 0.590. The molecule has 0 bridgehead atoms. The van der Waals surface area contributed by atoms with Crippen LogP contribution in [0.5, 0.6) is 0 Å². The summed E-state index contributed by atoms with van der Waals surface area (Å²) in [5.74, 6) is 0. The van der Waals surface area contributed by atoms with E-state index in [1.54, 1.807) is 21.3 Å². The van der Waals surface area contributed by atoms with Gasteiger partial charge < -0.3 is 15.1 Å². The Kier molecular flexibility index (Phi) is 7.52. The van der Waals surface area contributed by atoms with Crippen LogP contribution in [0.4, 0.5) is 0 Å². The topological polar surface area (TPSA) is 44.7 Å². The first-order valence-corrected chi connectivity index (χ1v) is 8.65. The Bertz CT molecular complexity index is 538. The Balaban J connectivity index is 0.00000139. The third-order valence-corrected chi connectivity index (χ3v) is 4.40. The molecule has 1 aromatic rings. The van der Waals surface area contributed by atoms with Crippen molar-refractivity contribution in [3.05, 3.63) is 42.1 Å². The van der Waals surface area contributed by atoms with Crippen molar-refractivity contribution in [2.75, 3.05) is 13.6 Å². The number of rotatable bonds is 5. The van der Waals surface area contributed by atoms with Crippen molar-refractivity contribution in [3.63, 3.8) is 0 Å². The van der Waals surface area contributed by atoms with Gasteiger partial charge in [-0.3, -0.25) is 4.90 Å². The van der Waals surface area contributed by atoms with E-state index in [1.807, 2.05) is 46.0 Å². The maximum absolute atomic E-state index is 10.1. The Morgan fingerprint density at radius 2 is 1.92 bits per heavy atom. The van der Waals surface area contributed by atoms with Crippen molar-refractivity contribution in [2.45, 2.75) is 58.9 Å². The van der Waals surface area contributed by atoms with Crippen LogP contribution in [0.25, 0.3) is 0 Å². The summed E-state index contributed by atoms with van der Waals surface area (Å²) in [6, 6.07) is 8.23. The molecule has 4 nitrogen and oxygen atoms in total. The molecule has 1 aliphatic heterocycles. The van der Waals surface area contributed by atoms with Crippen molar-refractivity contribution >= 4 is 12.9 Å². The molecule has 0 aromatic heterocycles. The number of likely N-dealkylation sites (N-methyl/N-ethyl adjacent to an activating group) is 1. The molecular weight excluding hydrogens is 299 g/mol. The highest BCUT2D eigenvalue weighted by Gasteiger charge is 2.35. The predicted molar refractivity (Wildman–Crippen MR) is 102 cm³/mol. The van der Waals surface area contributed by atoms with Crippen LogP contribution in [-0.2, 0) is 4.65 Å². The lowest BCUT2D eigenvalue weighted by Crippen LogP contribution is -2.49. The molecule has 0 fully saturated rings. The molecule has 1 aromatic carbocycles. The maximum atomic E-state index is 10.1. The van der Waals surface area contributed by atoms with Crippen LogP contribution in [-0.4, -0.2) is 42.3 Å². The van der Waals surface area contributed by atoms with Crippen molar-refractivity contribution in [1.29, 1.82) is 0 Å². The summed E-state index contributed by atoms with van der Waals surface area (Å²) in [5, 5.41) is 13.5. The van der Waals surface area contributed by atoms with Crippen LogP contribution in [0.2, 0.25) is 0 Å². The van der Waals surface area contributed by atoms with E-state index in [0.29, 0.717) is 0 Å². The fourth-order valence-electron chi connectivity index (χ4n) is 2.12. The minimum absolute atomic E-state index is 0.167. The van der Waals surface area contributed by atoms with Gasteiger partial charge in [-0.15, -0.1) is 0 Å². The van der Waals surface area contributed by atoms with Crippen molar-refractivity contribution in [1.82, 2.24) is 10.2 Å². The number of nitrogens with one attached hydrogen (secondary N) is 1. The van der Waals surface area contributed by atoms with Crippen molar-refractivity contribution in [3.8, 4) is 0 Å². The summed E-state index contributed by atoms with van der Waals surface area (Å²) in [4.78, 5) is 2.24. The number of hydrogen-bond donors (Lipinski definition) is 2. The SMILES string of the molecule is CC.CN1CC=CNC1c1cccc([B]OC(C)(C)C(C)(C)O)c1. The van der Waals surface area contributed by atoms with Gasteiger partial charge in [0, 0.05) is 6.54 Å². The number of hydrogen-bond acceptors (Lipinski definition) is 4. The molecule has 5 heteroatoms. The van der Waals surface area contributed by atoms with Crippen LogP contribution >= 0.6 is 0 Å². The quantitative estimate of drug-likeness (QED) is 0.814. The second-order valence-corrected chi connectivity index (χ2v) is 6.89. The van der Waals surface area contributed by atoms with Crippen LogP contribution < -0.4 is 10.8 Å². The number of nitrogens with zero attached hydrogens (tertiary/aromatic N) is 1. The molecule has 1 radical (unpaired) electrons. The van der Waals surface area contributed by atoms with Crippen LogP contribution in [0, 0.1) is 0 Å². The molecule has 24 heavy (non-hydrogen) atoms. The van der Waals surface area contributed by atoms with Gasteiger partial charge in [0.05, 0.1) is 11.2 Å². The summed E-state index contributed by atoms with van der Waals surface area (Å²) >= 11 is 0. The first-order valence-electron chi connectivity index (χ1n) is 8.65. The molecule has 1 aliphatic rings. The van der Waals surface area contributed by atoms with E-state index in [4.69, 9.17) is 4.65 Å². The van der Waals surface area contributed by atoms with Crippen LogP contribution in [0.15, 0.2) is 36.5 Å². The van der Waals surface area contributed by atoms with Crippen LogP contribution in [0.3, 0.4) is 0 Å². The lowest BCUT2D eigenvalue weighted by Gasteiger charge is -2.37. The number of aliphatic hydroxyl groups is 1. The average molecular weight is 331 g/mol. The van der Waals surface area contributed by atoms with Crippen molar-refractivity contribution < 1.29 is 9.76 Å². The van der Waals surface area contributed by atoms with Gasteiger partial charge in [0.25, 0.3) is 0 Å². The summed E-state index contributed by atoms with van der Waals surface area (Å²) in [7, 11) is 3.81. The van der Waals surface area contributed by atoms with E-state index in [9.17, 15) is 5.11 Å². The van der Waals surface area contributed by atoms with E-state index < -0.39 is 11.2 Å². The smallest absolute Gasteiger partial charge is 0.330 e. The van der Waals surface area contributed by atoms with Gasteiger partial charge in [-0.05, 0) is 46.5 Å². The summed E-state index contributed by atoms with van der Waals surface area (Å²) in [6.07, 6.45) is 4.26. The zero-order valence-corrected chi connectivity index (χ0v) is 16.1. The Labute approximate surface area is 148 Å². The monoisotopic (exact) mass is 331 g/mol. The second-order valence-electron chi connectivity index (χ2n) is 6.89. The van der Waals surface area contributed by atoms with E-state index >= 15 is 0 Å². The highest BCUT2D eigenvalue weighted by Crippen LogP contribution is 2.24. The largest absolute Gasteiger partial charge is 0.427 e. The number of benzene rings is 1. The third kappa shape index (κ3) is 5.37. The van der Waals surface area contributed by atoms with Gasteiger partial charge in [-0.2, -0.15) is 0 Å². The maximum Gasteiger partial charge on any atom is 0.330 e. The highest BCUT2D eigenvalue weighted by molar-refractivity contribution is 6.47. The first kappa shape index (κ1) is 20.7. The normalized spacial score (nSPS) is 18.4. The minimum atomic E-state index is -0.920. The van der Waals surface area contributed by atoms with E-state index in [-0.39, 0.29) is 6.17 Å². The molecule has 2 rings (SSSR count). The average Bonchev–Trinajstić information content (AvgIpc) is 2.55. The molecule has 0 amide bonds. The lowest BCUT2D eigenvalue weighted by atomic mass is 9.82. The van der Waals surface area contributed by atoms with E-state index in [0.717, 1.165) is 12.0 Å². The molecule has 1 unspecified atom stereocenters. The van der Waals surface area contributed by atoms with Gasteiger partial charge in [0.2, 0.25) is 0 Å². The molecular formula is C19H32BN2O2. The van der Waals surface area contributed by atoms with Gasteiger partial charge in [0.15, 0.2) is 0 Å². The third-order valence-electron chi connectivity index (χ3n) is 4.40. The predicted octanol–water partition coefficient (Wildman–Crippen LogP) is 2.57. The fraction of sp³-hybridized carbons (Fsp3) is 0.579. The summed E-state index contributed by atoms with van der Waals surface area (Å²) < 4.78 is 5.83. The second kappa shape index (κ2) is 8.70. The standard InChI is InChI=1S/C17H26BN2O2.C2H6/c1-16(2,21)17(3,4)22-18-14-9-6-8-13(12-14)15-19-10-7-11-20(15)5;1-2/h6-10,12,15,19,21H,11H2,1-5H3;1-2H3. The molecule has 0 spiro atoms. The molecule has 0 saturated carbocycles. The molecule has 133 valence electrons. The molecule has 1 heterocycles. The van der Waals surface area contributed by atoms with E-state index in [1.165, 1.54) is 5.56 Å². The zero-order chi connectivity index (χ0) is 18.4. The first-order chi connectivity index (χ1) is 11.2. The fourth-order valence-corrected chi connectivity index (χ4v) is 2.12. The summed E-state index contributed by atoms with van der Waals surface area (Å²) in [6.45, 7) is 12.2. The Morgan fingerprint density at radius 3 is 2.50 bits per heavy atom. The Morgan fingerprint density at radius 1 is 1.25 bits per heavy atom.